The van der Waals surface area contributed by atoms with E-state index in [1.807, 2.05) is 25.3 Å². The number of amides is 2. The minimum absolute atomic E-state index is 0.0149. The van der Waals surface area contributed by atoms with Gasteiger partial charge in [0.05, 0.1) is 27.5 Å². The Hall–Kier alpha value is -0.980. The van der Waals surface area contributed by atoms with E-state index in [0.29, 0.717) is 19.5 Å². The normalized spacial score (nSPS) is 26.3. The zero-order chi connectivity index (χ0) is 15.0. The Morgan fingerprint density at radius 3 is 2.38 bits per heavy atom. The summed E-state index contributed by atoms with van der Waals surface area (Å²) in [4.78, 5) is 28.7. The number of allylic oxidation sites excluding steroid dienone is 2. The van der Waals surface area contributed by atoms with Crippen LogP contribution in [0.1, 0.15) is 17.7 Å². The molecule has 1 unspecified atom stereocenters. The molecule has 112 valence electrons. The van der Waals surface area contributed by atoms with E-state index >= 15 is 0 Å². The molecule has 1 aromatic rings. The predicted octanol–water partition coefficient (Wildman–Crippen LogP) is 1.43. The Morgan fingerprint density at radius 2 is 1.86 bits per heavy atom. The summed E-state index contributed by atoms with van der Waals surface area (Å²) in [7, 11) is 2.02. The second kappa shape index (κ2) is 6.02. The van der Waals surface area contributed by atoms with Crippen LogP contribution in [0.3, 0.4) is 0 Å². The molecule has 4 nitrogen and oxygen atoms in total. The lowest BCUT2D eigenvalue weighted by Gasteiger charge is -2.20. The number of likely N-dealkylation sites (tertiary alicyclic amines) is 1. The Morgan fingerprint density at radius 1 is 1.24 bits per heavy atom. The molecule has 2 amide bonds. The molecule has 0 spiro atoms. The van der Waals surface area contributed by atoms with E-state index in [-0.39, 0.29) is 23.7 Å². The number of halogens is 1. The Balaban J connectivity index is 1.64. The first-order valence-corrected chi connectivity index (χ1v) is 8.73. The van der Waals surface area contributed by atoms with Gasteiger partial charge in [0.15, 0.2) is 6.67 Å². The molecule has 1 N–H and O–H groups in total. The van der Waals surface area contributed by atoms with Gasteiger partial charge in [-0.25, -0.2) is 4.90 Å². The summed E-state index contributed by atoms with van der Waals surface area (Å²) in [5.74, 6) is -0.209. The summed E-state index contributed by atoms with van der Waals surface area (Å²) < 4.78 is 1.11. The summed E-state index contributed by atoms with van der Waals surface area (Å²) in [6.07, 6.45) is 5.47. The topological polar surface area (TPSA) is 41.8 Å². The summed E-state index contributed by atoms with van der Waals surface area (Å²) in [6, 6.07) is 4.11. The molecule has 1 aliphatic carbocycles. The van der Waals surface area contributed by atoms with Crippen LogP contribution >= 0.6 is 27.3 Å². The summed E-state index contributed by atoms with van der Waals surface area (Å²) >= 11 is 5.15. The van der Waals surface area contributed by atoms with Gasteiger partial charge in [-0.15, -0.1) is 11.3 Å². The maximum Gasteiger partial charge on any atom is 0.237 e. The van der Waals surface area contributed by atoms with Crippen molar-refractivity contribution in [3.05, 3.63) is 32.9 Å². The van der Waals surface area contributed by atoms with E-state index in [2.05, 4.69) is 22.0 Å². The van der Waals surface area contributed by atoms with E-state index in [0.717, 1.165) is 15.2 Å². The maximum atomic E-state index is 12.4. The van der Waals surface area contributed by atoms with Crippen molar-refractivity contribution in [2.75, 3.05) is 13.7 Å². The van der Waals surface area contributed by atoms with Crippen LogP contribution in [0.15, 0.2) is 28.1 Å². The number of quaternary nitrogens is 1. The molecular weight excluding hydrogens is 352 g/mol. The number of nitrogens with zero attached hydrogens (tertiary/aromatic N) is 1. The average molecular weight is 370 g/mol. The average Bonchev–Trinajstić information content (AvgIpc) is 2.97. The van der Waals surface area contributed by atoms with E-state index in [9.17, 15) is 9.59 Å². The number of hydrogen-bond donors (Lipinski definition) is 1. The summed E-state index contributed by atoms with van der Waals surface area (Å²) in [5, 5.41) is 0. The van der Waals surface area contributed by atoms with Crippen molar-refractivity contribution in [1.82, 2.24) is 4.90 Å². The predicted molar refractivity (Wildman–Crippen MR) is 84.7 cm³/mol. The molecule has 2 aliphatic rings. The number of hydrogen-bond acceptors (Lipinski definition) is 3. The van der Waals surface area contributed by atoms with Crippen molar-refractivity contribution in [3.63, 3.8) is 0 Å². The quantitative estimate of drug-likeness (QED) is 0.644. The van der Waals surface area contributed by atoms with Crippen LogP contribution in [0.4, 0.5) is 0 Å². The third-order valence-corrected chi connectivity index (χ3v) is 5.76. The van der Waals surface area contributed by atoms with Crippen LogP contribution in [-0.4, -0.2) is 30.4 Å². The third kappa shape index (κ3) is 2.98. The van der Waals surface area contributed by atoms with Gasteiger partial charge in [-0.3, -0.25) is 9.59 Å². The SMILES string of the molecule is C[NH+](Cc1ccc(Br)s1)CN1C(=O)[C@H]2CC=CC[C@@H]2C1=O. The van der Waals surface area contributed by atoms with Crippen LogP contribution in [0.25, 0.3) is 0 Å². The van der Waals surface area contributed by atoms with Gasteiger partial charge in [0, 0.05) is 0 Å². The summed E-state index contributed by atoms with van der Waals surface area (Å²) in [5.41, 5.74) is 0. The van der Waals surface area contributed by atoms with Crippen LogP contribution in [0, 0.1) is 11.8 Å². The smallest absolute Gasteiger partial charge is 0.237 e. The van der Waals surface area contributed by atoms with Gasteiger partial charge in [-0.05, 0) is 40.9 Å². The molecule has 1 fully saturated rings. The zero-order valence-electron chi connectivity index (χ0n) is 11.8. The first-order valence-electron chi connectivity index (χ1n) is 7.12. The zero-order valence-corrected chi connectivity index (χ0v) is 14.2. The Bertz CT molecular complexity index is 572. The maximum absolute atomic E-state index is 12.4. The molecule has 1 aromatic heterocycles. The molecule has 3 atom stereocenters. The molecule has 0 aromatic carbocycles. The minimum atomic E-state index is -0.119. The van der Waals surface area contributed by atoms with Crippen molar-refractivity contribution < 1.29 is 14.5 Å². The van der Waals surface area contributed by atoms with Crippen molar-refractivity contribution >= 4 is 39.1 Å². The van der Waals surface area contributed by atoms with Crippen molar-refractivity contribution in [1.29, 1.82) is 0 Å². The highest BCUT2D eigenvalue weighted by atomic mass is 79.9. The fraction of sp³-hybridized carbons (Fsp3) is 0.467. The van der Waals surface area contributed by atoms with Gasteiger partial charge in [0.1, 0.15) is 6.54 Å². The standard InChI is InChI=1S/C15H17BrN2O2S/c1-17(8-10-6-7-13(16)21-10)9-18-14(19)11-4-2-3-5-12(11)15(18)20/h2-3,6-7,11-12H,4-5,8-9H2,1H3/p+1/t11-,12-/m0/s1. The number of nitrogens with one attached hydrogen (secondary N) is 1. The molecule has 0 bridgehead atoms. The Labute approximate surface area is 136 Å². The van der Waals surface area contributed by atoms with E-state index < -0.39 is 0 Å². The van der Waals surface area contributed by atoms with Gasteiger partial charge in [0.25, 0.3) is 0 Å². The van der Waals surface area contributed by atoms with Gasteiger partial charge < -0.3 is 4.90 Å². The van der Waals surface area contributed by atoms with E-state index in [4.69, 9.17) is 0 Å². The molecule has 0 radical (unpaired) electrons. The van der Waals surface area contributed by atoms with Crippen LogP contribution in [-0.2, 0) is 16.1 Å². The van der Waals surface area contributed by atoms with E-state index in [1.54, 1.807) is 11.3 Å². The van der Waals surface area contributed by atoms with Gasteiger partial charge >= 0.3 is 0 Å². The van der Waals surface area contributed by atoms with Gasteiger partial charge in [-0.1, -0.05) is 12.2 Å². The molecule has 2 heterocycles. The fourth-order valence-electron chi connectivity index (χ4n) is 3.09. The summed E-state index contributed by atoms with van der Waals surface area (Å²) in [6.45, 7) is 1.28. The molecule has 6 heteroatoms. The van der Waals surface area contributed by atoms with Gasteiger partial charge in [-0.2, -0.15) is 0 Å². The van der Waals surface area contributed by atoms with Crippen molar-refractivity contribution in [2.45, 2.75) is 19.4 Å². The highest BCUT2D eigenvalue weighted by Crippen LogP contribution is 2.34. The Kier molecular flexibility index (Phi) is 4.28. The highest BCUT2D eigenvalue weighted by molar-refractivity contribution is 9.11. The second-order valence-corrected chi connectivity index (χ2v) is 8.31. The minimum Gasteiger partial charge on any atom is -0.315 e. The first-order chi connectivity index (χ1) is 10.1. The lowest BCUT2D eigenvalue weighted by atomic mass is 9.85. The molecule has 1 aliphatic heterocycles. The van der Waals surface area contributed by atoms with Crippen LogP contribution in [0.5, 0.6) is 0 Å². The fourth-order valence-corrected chi connectivity index (χ4v) is 4.69. The highest BCUT2D eigenvalue weighted by Gasteiger charge is 2.48. The molecular formula is C15H18BrN2O2S+. The number of carbonyl (C=O) groups excluding carboxylic acids is 2. The molecule has 3 rings (SSSR count). The van der Waals surface area contributed by atoms with E-state index in [1.165, 1.54) is 9.78 Å². The number of fused-ring (bicyclic) bond motifs is 1. The monoisotopic (exact) mass is 369 g/mol. The molecule has 21 heavy (non-hydrogen) atoms. The largest absolute Gasteiger partial charge is 0.315 e. The van der Waals surface area contributed by atoms with Crippen molar-refractivity contribution in [2.24, 2.45) is 11.8 Å². The van der Waals surface area contributed by atoms with Crippen LogP contribution in [0.2, 0.25) is 0 Å². The number of thiophene rings is 1. The lowest BCUT2D eigenvalue weighted by molar-refractivity contribution is -0.900. The number of imide groups is 1. The second-order valence-electron chi connectivity index (χ2n) is 5.76. The van der Waals surface area contributed by atoms with Gasteiger partial charge in [0.2, 0.25) is 11.8 Å². The first kappa shape index (κ1) is 14.9. The van der Waals surface area contributed by atoms with Crippen LogP contribution < -0.4 is 4.90 Å². The lowest BCUT2D eigenvalue weighted by Crippen LogP contribution is -3.09. The number of carbonyl (C=O) groups is 2. The number of rotatable bonds is 4. The molecule has 0 saturated carbocycles. The molecule has 1 saturated heterocycles. The van der Waals surface area contributed by atoms with Crippen molar-refractivity contribution in [3.8, 4) is 0 Å². The third-order valence-electron chi connectivity index (χ3n) is 4.13.